The monoisotopic (exact) mass is 249 g/mol. The summed E-state index contributed by atoms with van der Waals surface area (Å²) in [6.45, 7) is 1.81. The van der Waals surface area contributed by atoms with Crippen LogP contribution in [0.2, 0.25) is 0 Å². The lowest BCUT2D eigenvalue weighted by atomic mass is 10.0. The normalized spacial score (nSPS) is 27.2. The minimum atomic E-state index is -3.23. The van der Waals surface area contributed by atoms with Gasteiger partial charge in [-0.05, 0) is 19.3 Å². The standard InChI is InChI=1S/C9H19N3O3S/c1-2-6-16(14,15)12-8-5-3-4-7(8)9(10)11-13/h7-8,12-13H,2-6H2,1H3,(H2,10,11). The van der Waals surface area contributed by atoms with Gasteiger partial charge in [-0.3, -0.25) is 0 Å². The van der Waals surface area contributed by atoms with Gasteiger partial charge >= 0.3 is 0 Å². The van der Waals surface area contributed by atoms with Gasteiger partial charge in [-0.1, -0.05) is 18.5 Å². The van der Waals surface area contributed by atoms with Gasteiger partial charge in [0.25, 0.3) is 0 Å². The highest BCUT2D eigenvalue weighted by Gasteiger charge is 2.33. The van der Waals surface area contributed by atoms with Gasteiger partial charge < -0.3 is 10.9 Å². The molecule has 1 saturated carbocycles. The lowest BCUT2D eigenvalue weighted by molar-refractivity contribution is 0.312. The summed E-state index contributed by atoms with van der Waals surface area (Å²) in [4.78, 5) is 0. The summed E-state index contributed by atoms with van der Waals surface area (Å²) in [5.41, 5.74) is 5.53. The van der Waals surface area contributed by atoms with E-state index < -0.39 is 10.0 Å². The number of nitrogens with zero attached hydrogens (tertiary/aromatic N) is 1. The van der Waals surface area contributed by atoms with Gasteiger partial charge in [-0.15, -0.1) is 0 Å². The second-order valence-electron chi connectivity index (χ2n) is 4.11. The molecule has 7 heteroatoms. The number of amidine groups is 1. The van der Waals surface area contributed by atoms with E-state index in [9.17, 15) is 8.42 Å². The molecule has 0 spiro atoms. The van der Waals surface area contributed by atoms with Crippen LogP contribution in [0.1, 0.15) is 32.6 Å². The molecule has 0 bridgehead atoms. The molecule has 1 aliphatic rings. The van der Waals surface area contributed by atoms with Crippen molar-refractivity contribution < 1.29 is 13.6 Å². The van der Waals surface area contributed by atoms with Crippen LogP contribution < -0.4 is 10.5 Å². The topological polar surface area (TPSA) is 105 Å². The van der Waals surface area contributed by atoms with Gasteiger partial charge in [-0.2, -0.15) is 0 Å². The second-order valence-corrected chi connectivity index (χ2v) is 5.98. The van der Waals surface area contributed by atoms with Crippen LogP contribution in [0.15, 0.2) is 5.16 Å². The van der Waals surface area contributed by atoms with E-state index in [0.717, 1.165) is 19.3 Å². The van der Waals surface area contributed by atoms with Crippen molar-refractivity contribution >= 4 is 15.9 Å². The van der Waals surface area contributed by atoms with E-state index >= 15 is 0 Å². The zero-order valence-corrected chi connectivity index (χ0v) is 10.2. The molecule has 1 aliphatic carbocycles. The van der Waals surface area contributed by atoms with Gasteiger partial charge in [0.1, 0.15) is 5.84 Å². The molecular formula is C9H19N3O3S. The first kappa shape index (κ1) is 13.2. The molecule has 2 atom stereocenters. The maximum absolute atomic E-state index is 11.6. The van der Waals surface area contributed by atoms with Crippen molar-refractivity contribution in [2.24, 2.45) is 16.8 Å². The summed E-state index contributed by atoms with van der Waals surface area (Å²) in [6, 6.07) is -0.229. The average Bonchev–Trinajstić information content (AvgIpc) is 2.63. The first-order chi connectivity index (χ1) is 7.50. The Morgan fingerprint density at radius 3 is 2.81 bits per heavy atom. The van der Waals surface area contributed by atoms with Gasteiger partial charge in [0, 0.05) is 12.0 Å². The molecule has 0 heterocycles. The van der Waals surface area contributed by atoms with Crippen LogP contribution in [0.4, 0.5) is 0 Å². The fourth-order valence-electron chi connectivity index (χ4n) is 2.09. The maximum atomic E-state index is 11.6. The number of hydrogen-bond acceptors (Lipinski definition) is 4. The number of oxime groups is 1. The van der Waals surface area contributed by atoms with Crippen molar-refractivity contribution in [3.05, 3.63) is 0 Å². The van der Waals surface area contributed by atoms with Gasteiger partial charge in [0.05, 0.1) is 5.75 Å². The summed E-state index contributed by atoms with van der Waals surface area (Å²) < 4.78 is 25.8. The van der Waals surface area contributed by atoms with Gasteiger partial charge in [0.15, 0.2) is 0 Å². The smallest absolute Gasteiger partial charge is 0.211 e. The second kappa shape index (κ2) is 5.49. The molecule has 0 aliphatic heterocycles. The molecule has 2 unspecified atom stereocenters. The Hall–Kier alpha value is -0.820. The van der Waals surface area contributed by atoms with E-state index in [2.05, 4.69) is 9.88 Å². The van der Waals surface area contributed by atoms with Crippen LogP contribution in [0, 0.1) is 5.92 Å². The summed E-state index contributed by atoms with van der Waals surface area (Å²) >= 11 is 0. The molecule has 1 rings (SSSR count). The van der Waals surface area contributed by atoms with Crippen LogP contribution >= 0.6 is 0 Å². The van der Waals surface area contributed by atoms with E-state index in [0.29, 0.717) is 6.42 Å². The molecule has 94 valence electrons. The molecule has 0 aromatic heterocycles. The Kier molecular flexibility index (Phi) is 4.55. The lowest BCUT2D eigenvalue weighted by Crippen LogP contribution is -2.43. The van der Waals surface area contributed by atoms with E-state index in [1.165, 1.54) is 0 Å². The number of sulfonamides is 1. The largest absolute Gasteiger partial charge is 0.409 e. The molecule has 1 fully saturated rings. The molecule has 0 radical (unpaired) electrons. The van der Waals surface area contributed by atoms with Crippen molar-refractivity contribution in [3.8, 4) is 0 Å². The fourth-order valence-corrected chi connectivity index (χ4v) is 3.49. The Labute approximate surface area is 95.9 Å². The molecule has 0 aromatic carbocycles. The van der Waals surface area contributed by atoms with Crippen LogP contribution in [0.25, 0.3) is 0 Å². The zero-order valence-electron chi connectivity index (χ0n) is 9.39. The molecule has 4 N–H and O–H groups in total. The lowest BCUT2D eigenvalue weighted by Gasteiger charge is -2.19. The van der Waals surface area contributed by atoms with Crippen LogP contribution in [0.3, 0.4) is 0 Å². The van der Waals surface area contributed by atoms with E-state index in [1.807, 2.05) is 6.92 Å². The minimum absolute atomic E-state index is 0.113. The van der Waals surface area contributed by atoms with E-state index in [-0.39, 0.29) is 23.5 Å². The first-order valence-electron chi connectivity index (χ1n) is 5.47. The number of rotatable bonds is 5. The summed E-state index contributed by atoms with van der Waals surface area (Å²) in [7, 11) is -3.23. The average molecular weight is 249 g/mol. The number of hydrogen-bond donors (Lipinski definition) is 3. The van der Waals surface area contributed by atoms with Crippen LogP contribution in [-0.2, 0) is 10.0 Å². The Balaban J connectivity index is 2.67. The summed E-state index contributed by atoms with van der Waals surface area (Å²) in [5, 5.41) is 11.6. The van der Waals surface area contributed by atoms with Crippen LogP contribution in [-0.4, -0.2) is 31.3 Å². The molecule has 0 amide bonds. The highest BCUT2D eigenvalue weighted by molar-refractivity contribution is 7.89. The van der Waals surface area contributed by atoms with E-state index in [1.54, 1.807) is 0 Å². The molecule has 0 saturated heterocycles. The first-order valence-corrected chi connectivity index (χ1v) is 7.12. The molecular weight excluding hydrogens is 230 g/mol. The van der Waals surface area contributed by atoms with Crippen molar-refractivity contribution in [2.45, 2.75) is 38.6 Å². The van der Waals surface area contributed by atoms with Crippen molar-refractivity contribution in [1.82, 2.24) is 4.72 Å². The van der Waals surface area contributed by atoms with Crippen LogP contribution in [0.5, 0.6) is 0 Å². The Morgan fingerprint density at radius 1 is 1.56 bits per heavy atom. The number of nitrogens with two attached hydrogens (primary N) is 1. The van der Waals surface area contributed by atoms with Gasteiger partial charge in [-0.25, -0.2) is 13.1 Å². The third kappa shape index (κ3) is 3.34. The Bertz CT molecular complexity index is 353. The molecule has 6 nitrogen and oxygen atoms in total. The van der Waals surface area contributed by atoms with E-state index in [4.69, 9.17) is 10.9 Å². The quantitative estimate of drug-likeness (QED) is 0.281. The van der Waals surface area contributed by atoms with Crippen molar-refractivity contribution in [2.75, 3.05) is 5.75 Å². The zero-order chi connectivity index (χ0) is 12.2. The predicted octanol–water partition coefficient (Wildman–Crippen LogP) is 0.231. The highest BCUT2D eigenvalue weighted by Crippen LogP contribution is 2.26. The van der Waals surface area contributed by atoms with Crippen molar-refractivity contribution in [3.63, 3.8) is 0 Å². The highest BCUT2D eigenvalue weighted by atomic mass is 32.2. The minimum Gasteiger partial charge on any atom is -0.409 e. The molecule has 0 aromatic rings. The molecule has 16 heavy (non-hydrogen) atoms. The third-order valence-corrected chi connectivity index (χ3v) is 4.42. The van der Waals surface area contributed by atoms with Gasteiger partial charge in [0.2, 0.25) is 10.0 Å². The predicted molar refractivity (Wildman–Crippen MR) is 61.8 cm³/mol. The summed E-state index contributed by atoms with van der Waals surface area (Å²) in [5.74, 6) is 0.0465. The summed E-state index contributed by atoms with van der Waals surface area (Å²) in [6.07, 6.45) is 2.97. The fraction of sp³-hybridized carbons (Fsp3) is 0.889. The third-order valence-electron chi connectivity index (χ3n) is 2.82. The van der Waals surface area contributed by atoms with Crippen molar-refractivity contribution in [1.29, 1.82) is 0 Å². The SMILES string of the molecule is CCCS(=O)(=O)NC1CCCC1C(N)=NO. The number of nitrogens with one attached hydrogen (secondary N) is 1. The Morgan fingerprint density at radius 2 is 2.25 bits per heavy atom. The maximum Gasteiger partial charge on any atom is 0.211 e.